The van der Waals surface area contributed by atoms with Crippen LogP contribution in [0.5, 0.6) is 0 Å². The summed E-state index contributed by atoms with van der Waals surface area (Å²) in [6.07, 6.45) is 0.210. The molecule has 2 rings (SSSR count). The van der Waals surface area contributed by atoms with Crippen LogP contribution in [-0.2, 0) is 19.8 Å². The summed E-state index contributed by atoms with van der Waals surface area (Å²) in [6, 6.07) is 7.94. The largest absolute Gasteiger partial charge is 0.336 e. The van der Waals surface area contributed by atoms with E-state index in [2.05, 4.69) is 20.9 Å². The van der Waals surface area contributed by atoms with Crippen LogP contribution in [-0.4, -0.2) is 18.2 Å². The molecule has 0 unspecified atom stereocenters. The number of thiazole rings is 1. The first-order valence-corrected chi connectivity index (χ1v) is 10.0. The summed E-state index contributed by atoms with van der Waals surface area (Å²) in [5.74, 6) is 0. The second-order valence-corrected chi connectivity index (χ2v) is 8.08. The Morgan fingerprint density at radius 3 is 2.38 bits per heavy atom. The van der Waals surface area contributed by atoms with E-state index in [1.54, 1.807) is 13.8 Å². The monoisotopic (exact) mass is 389 g/mol. The van der Waals surface area contributed by atoms with Gasteiger partial charge in [0.05, 0.1) is 25.1 Å². The average Bonchev–Trinajstić information content (AvgIpc) is 2.88. The molecule has 2 aromatic rings. The van der Waals surface area contributed by atoms with Crippen molar-refractivity contribution in [2.75, 3.05) is 13.2 Å². The topological polar surface area (TPSA) is 48.4 Å². The van der Waals surface area contributed by atoms with Crippen LogP contribution in [0.15, 0.2) is 34.1 Å². The molecule has 1 aromatic carbocycles. The Kier molecular flexibility index (Phi) is 6.14. The summed E-state index contributed by atoms with van der Waals surface area (Å²) < 4.78 is 24.1. The van der Waals surface area contributed by atoms with Crippen molar-refractivity contribution < 1.29 is 13.6 Å². The van der Waals surface area contributed by atoms with Crippen LogP contribution in [0.3, 0.4) is 0 Å². The molecule has 1 heterocycles. The van der Waals surface area contributed by atoms with E-state index in [4.69, 9.17) is 9.05 Å². The number of nitrogens with zero attached hydrogens (tertiary/aromatic N) is 1. The van der Waals surface area contributed by atoms with Gasteiger partial charge in [0.25, 0.3) is 0 Å². The van der Waals surface area contributed by atoms with E-state index >= 15 is 0 Å². The van der Waals surface area contributed by atoms with Crippen molar-refractivity contribution in [3.63, 3.8) is 0 Å². The summed E-state index contributed by atoms with van der Waals surface area (Å²) in [4.78, 5) is 4.53. The highest BCUT2D eigenvalue weighted by Crippen LogP contribution is 2.51. The zero-order valence-corrected chi connectivity index (χ0v) is 15.2. The van der Waals surface area contributed by atoms with Crippen LogP contribution < -0.4 is 0 Å². The lowest BCUT2D eigenvalue weighted by Crippen LogP contribution is -1.99. The molecule has 0 spiro atoms. The highest BCUT2D eigenvalue weighted by molar-refractivity contribution is 9.10. The minimum absolute atomic E-state index is 0.210. The molecule has 0 bridgehead atoms. The van der Waals surface area contributed by atoms with Crippen LogP contribution >= 0.6 is 34.9 Å². The Bertz CT molecular complexity index is 619. The lowest BCUT2D eigenvalue weighted by molar-refractivity contribution is 0.219. The highest BCUT2D eigenvalue weighted by Gasteiger charge is 2.25. The lowest BCUT2D eigenvalue weighted by atomic mass is 10.2. The van der Waals surface area contributed by atoms with Gasteiger partial charge >= 0.3 is 7.60 Å². The van der Waals surface area contributed by atoms with E-state index in [1.807, 2.05) is 29.6 Å². The van der Waals surface area contributed by atoms with Crippen molar-refractivity contribution in [2.45, 2.75) is 20.0 Å². The maximum Gasteiger partial charge on any atom is 0.336 e. The summed E-state index contributed by atoms with van der Waals surface area (Å²) in [7, 11) is -3.09. The lowest BCUT2D eigenvalue weighted by Gasteiger charge is -2.15. The van der Waals surface area contributed by atoms with Gasteiger partial charge in [-0.2, -0.15) is 0 Å². The molecule has 0 aliphatic rings. The maximum atomic E-state index is 12.5. The molecule has 0 saturated heterocycles. The van der Waals surface area contributed by atoms with E-state index in [-0.39, 0.29) is 6.16 Å². The Hall–Kier alpha value is -0.520. The van der Waals surface area contributed by atoms with Gasteiger partial charge in [-0.25, -0.2) is 4.98 Å². The van der Waals surface area contributed by atoms with E-state index in [9.17, 15) is 4.57 Å². The van der Waals surface area contributed by atoms with Crippen molar-refractivity contribution in [1.82, 2.24) is 4.98 Å². The molecule has 0 aliphatic heterocycles. The zero-order chi connectivity index (χ0) is 15.3. The zero-order valence-electron chi connectivity index (χ0n) is 11.9. The van der Waals surface area contributed by atoms with E-state index in [1.165, 1.54) is 11.3 Å². The Labute approximate surface area is 137 Å². The molecular formula is C14H17BrNO3PS. The number of aromatic nitrogens is 1. The van der Waals surface area contributed by atoms with Crippen molar-refractivity contribution >= 4 is 34.9 Å². The van der Waals surface area contributed by atoms with Crippen LogP contribution in [0.2, 0.25) is 0 Å². The third-order valence-electron chi connectivity index (χ3n) is 2.65. The van der Waals surface area contributed by atoms with Gasteiger partial charge in [0.2, 0.25) is 0 Å². The van der Waals surface area contributed by atoms with Gasteiger partial charge in [-0.15, -0.1) is 11.3 Å². The van der Waals surface area contributed by atoms with Crippen molar-refractivity contribution in [2.24, 2.45) is 0 Å². The number of benzene rings is 1. The first-order valence-electron chi connectivity index (χ1n) is 6.65. The number of rotatable bonds is 7. The molecule has 21 heavy (non-hydrogen) atoms. The molecule has 0 amide bonds. The molecule has 0 N–H and O–H groups in total. The Balaban J connectivity index is 2.15. The molecule has 0 radical (unpaired) electrons. The van der Waals surface area contributed by atoms with Crippen LogP contribution in [0.1, 0.15) is 19.5 Å². The van der Waals surface area contributed by atoms with Gasteiger partial charge in [0.15, 0.2) is 0 Å². The smallest absolute Gasteiger partial charge is 0.309 e. The summed E-state index contributed by atoms with van der Waals surface area (Å²) in [5.41, 5.74) is 1.78. The summed E-state index contributed by atoms with van der Waals surface area (Å²) >= 11 is 4.94. The number of hydrogen-bond acceptors (Lipinski definition) is 5. The molecule has 1 aromatic heterocycles. The van der Waals surface area contributed by atoms with E-state index in [0.717, 1.165) is 20.7 Å². The van der Waals surface area contributed by atoms with E-state index in [0.29, 0.717) is 13.2 Å². The molecule has 0 atom stereocenters. The fourth-order valence-electron chi connectivity index (χ4n) is 1.83. The fraction of sp³-hybridized carbons (Fsp3) is 0.357. The first-order chi connectivity index (χ1) is 10.1. The van der Waals surface area contributed by atoms with Crippen molar-refractivity contribution in [3.8, 4) is 10.6 Å². The number of hydrogen-bond donors (Lipinski definition) is 0. The molecule has 0 saturated carbocycles. The predicted molar refractivity (Wildman–Crippen MR) is 89.8 cm³/mol. The molecular weight excluding hydrogens is 373 g/mol. The molecule has 114 valence electrons. The summed E-state index contributed by atoms with van der Waals surface area (Å²) in [6.45, 7) is 4.34. The average molecular weight is 390 g/mol. The standard InChI is InChI=1S/C14H17BrNO3PS/c1-3-18-20(17,19-4-2)9-13-10-21-14(16-13)11-5-7-12(15)8-6-11/h5-8,10H,3-4,9H2,1-2H3. The highest BCUT2D eigenvalue weighted by atomic mass is 79.9. The Morgan fingerprint density at radius 1 is 1.19 bits per heavy atom. The van der Waals surface area contributed by atoms with E-state index < -0.39 is 7.60 Å². The molecule has 4 nitrogen and oxygen atoms in total. The minimum Gasteiger partial charge on any atom is -0.309 e. The third-order valence-corrected chi connectivity index (χ3v) is 6.13. The third kappa shape index (κ3) is 4.73. The van der Waals surface area contributed by atoms with Gasteiger partial charge in [-0.3, -0.25) is 4.57 Å². The molecule has 0 aliphatic carbocycles. The molecule has 7 heteroatoms. The quantitative estimate of drug-likeness (QED) is 0.599. The van der Waals surface area contributed by atoms with Crippen molar-refractivity contribution in [3.05, 3.63) is 39.8 Å². The predicted octanol–water partition coefficient (Wildman–Crippen LogP) is 5.34. The number of halogens is 1. The van der Waals surface area contributed by atoms with Gasteiger partial charge < -0.3 is 9.05 Å². The van der Waals surface area contributed by atoms with Gasteiger partial charge in [-0.1, -0.05) is 28.1 Å². The summed E-state index contributed by atoms with van der Waals surface area (Å²) in [5, 5.41) is 2.80. The van der Waals surface area contributed by atoms with Gasteiger partial charge in [0, 0.05) is 15.4 Å². The fourth-order valence-corrected chi connectivity index (χ4v) is 4.64. The second kappa shape index (κ2) is 7.65. The van der Waals surface area contributed by atoms with Crippen molar-refractivity contribution in [1.29, 1.82) is 0 Å². The van der Waals surface area contributed by atoms with Crippen LogP contribution in [0, 0.1) is 0 Å². The normalized spacial score (nSPS) is 11.8. The molecule has 0 fully saturated rings. The second-order valence-electron chi connectivity index (χ2n) is 4.26. The van der Waals surface area contributed by atoms with Crippen LogP contribution in [0.4, 0.5) is 0 Å². The van der Waals surface area contributed by atoms with Crippen LogP contribution in [0.25, 0.3) is 10.6 Å². The maximum absolute atomic E-state index is 12.5. The van der Waals surface area contributed by atoms with Gasteiger partial charge in [-0.05, 0) is 26.0 Å². The first kappa shape index (κ1) is 16.8. The Morgan fingerprint density at radius 2 is 1.81 bits per heavy atom. The SMILES string of the molecule is CCOP(=O)(Cc1csc(-c2ccc(Br)cc2)n1)OCC. The minimum atomic E-state index is -3.09. The van der Waals surface area contributed by atoms with Gasteiger partial charge in [0.1, 0.15) is 5.01 Å².